The summed E-state index contributed by atoms with van der Waals surface area (Å²) in [4.78, 5) is 15.4. The maximum atomic E-state index is 11.8. The number of aliphatic hydroxyl groups excluding tert-OH is 1. The summed E-state index contributed by atoms with van der Waals surface area (Å²) < 4.78 is 0. The van der Waals surface area contributed by atoms with Crippen LogP contribution in [0.4, 0.5) is 0 Å². The van der Waals surface area contributed by atoms with E-state index in [4.69, 9.17) is 5.11 Å². The number of carbonyl (C=O) groups is 1. The lowest BCUT2D eigenvalue weighted by atomic mass is 10.1. The lowest BCUT2D eigenvalue weighted by Crippen LogP contribution is -2.45. The first-order chi connectivity index (χ1) is 6.54. The van der Waals surface area contributed by atoms with E-state index in [1.165, 1.54) is 0 Å². The van der Waals surface area contributed by atoms with E-state index >= 15 is 0 Å². The highest BCUT2D eigenvalue weighted by atomic mass is 16.3. The standard InChI is InChI=1S/C10H22N2O2/c1-5-6-9(11(2)3)10(14)12(4)7-8-13/h9,13H,5-8H2,1-4H3. The summed E-state index contributed by atoms with van der Waals surface area (Å²) in [6.07, 6.45) is 1.85. The van der Waals surface area contributed by atoms with Crippen LogP contribution in [0, 0.1) is 0 Å². The van der Waals surface area contributed by atoms with Gasteiger partial charge >= 0.3 is 0 Å². The van der Waals surface area contributed by atoms with Crippen LogP contribution in [0.2, 0.25) is 0 Å². The molecule has 0 radical (unpaired) electrons. The van der Waals surface area contributed by atoms with Gasteiger partial charge in [0.2, 0.25) is 5.91 Å². The first-order valence-corrected chi connectivity index (χ1v) is 5.06. The van der Waals surface area contributed by atoms with Crippen molar-refractivity contribution in [3.63, 3.8) is 0 Å². The first kappa shape index (κ1) is 13.4. The minimum Gasteiger partial charge on any atom is -0.395 e. The zero-order valence-electron chi connectivity index (χ0n) is 9.66. The van der Waals surface area contributed by atoms with Gasteiger partial charge in [-0.05, 0) is 20.5 Å². The predicted molar refractivity (Wildman–Crippen MR) is 57.1 cm³/mol. The SMILES string of the molecule is CCCC(C(=O)N(C)CCO)N(C)C. The van der Waals surface area contributed by atoms with Crippen LogP contribution in [0.15, 0.2) is 0 Å². The second-order valence-electron chi connectivity index (χ2n) is 3.75. The van der Waals surface area contributed by atoms with Crippen molar-refractivity contribution >= 4 is 5.91 Å². The first-order valence-electron chi connectivity index (χ1n) is 5.06. The van der Waals surface area contributed by atoms with E-state index in [0.717, 1.165) is 12.8 Å². The Morgan fingerprint density at radius 2 is 1.93 bits per heavy atom. The Labute approximate surface area is 86.5 Å². The van der Waals surface area contributed by atoms with Gasteiger partial charge in [0.25, 0.3) is 0 Å². The summed E-state index contributed by atoms with van der Waals surface area (Å²) in [7, 11) is 5.54. The number of nitrogens with zero attached hydrogens (tertiary/aromatic N) is 2. The van der Waals surface area contributed by atoms with Crippen LogP contribution in [0.3, 0.4) is 0 Å². The molecule has 0 heterocycles. The van der Waals surface area contributed by atoms with Crippen LogP contribution < -0.4 is 0 Å². The van der Waals surface area contributed by atoms with Gasteiger partial charge in [0.1, 0.15) is 0 Å². The van der Waals surface area contributed by atoms with Crippen molar-refractivity contribution in [1.29, 1.82) is 0 Å². The molecular weight excluding hydrogens is 180 g/mol. The van der Waals surface area contributed by atoms with Crippen molar-refractivity contribution in [2.45, 2.75) is 25.8 Å². The Balaban J connectivity index is 4.27. The van der Waals surface area contributed by atoms with E-state index in [1.807, 2.05) is 19.0 Å². The maximum Gasteiger partial charge on any atom is 0.239 e. The van der Waals surface area contributed by atoms with Crippen LogP contribution in [-0.4, -0.2) is 61.2 Å². The number of hydrogen-bond donors (Lipinski definition) is 1. The van der Waals surface area contributed by atoms with Crippen molar-refractivity contribution in [2.24, 2.45) is 0 Å². The van der Waals surface area contributed by atoms with Gasteiger partial charge in [-0.25, -0.2) is 0 Å². The molecule has 0 aliphatic rings. The van der Waals surface area contributed by atoms with Crippen molar-refractivity contribution in [3.8, 4) is 0 Å². The number of rotatable bonds is 6. The normalized spacial score (nSPS) is 13.0. The third kappa shape index (κ3) is 4.07. The van der Waals surface area contributed by atoms with Crippen LogP contribution in [0.1, 0.15) is 19.8 Å². The molecule has 0 bridgehead atoms. The minimum absolute atomic E-state index is 0.0223. The highest BCUT2D eigenvalue weighted by Crippen LogP contribution is 2.06. The molecular formula is C10H22N2O2. The predicted octanol–water partition coefficient (Wildman–Crippen LogP) is 0.167. The summed E-state index contributed by atoms with van der Waals surface area (Å²) in [6.45, 7) is 2.50. The number of amides is 1. The molecule has 1 N–H and O–H groups in total. The summed E-state index contributed by atoms with van der Waals surface area (Å²) in [5, 5.41) is 8.73. The topological polar surface area (TPSA) is 43.8 Å². The summed E-state index contributed by atoms with van der Waals surface area (Å²) in [6, 6.07) is -0.0588. The lowest BCUT2D eigenvalue weighted by Gasteiger charge is -2.27. The highest BCUT2D eigenvalue weighted by molar-refractivity contribution is 5.81. The van der Waals surface area contributed by atoms with E-state index in [2.05, 4.69) is 6.92 Å². The second kappa shape index (κ2) is 6.79. The largest absolute Gasteiger partial charge is 0.395 e. The second-order valence-corrected chi connectivity index (χ2v) is 3.75. The molecule has 4 heteroatoms. The Morgan fingerprint density at radius 3 is 2.29 bits per heavy atom. The molecule has 0 fully saturated rings. The molecule has 0 aromatic heterocycles. The zero-order chi connectivity index (χ0) is 11.1. The summed E-state index contributed by atoms with van der Waals surface area (Å²) >= 11 is 0. The van der Waals surface area contributed by atoms with Gasteiger partial charge in [-0.3, -0.25) is 9.69 Å². The Hall–Kier alpha value is -0.610. The number of likely N-dealkylation sites (N-methyl/N-ethyl adjacent to an activating group) is 2. The van der Waals surface area contributed by atoms with Crippen molar-refractivity contribution < 1.29 is 9.90 Å². The van der Waals surface area contributed by atoms with Gasteiger partial charge in [-0.2, -0.15) is 0 Å². The Kier molecular flexibility index (Phi) is 6.49. The van der Waals surface area contributed by atoms with Crippen LogP contribution in [-0.2, 0) is 4.79 Å². The number of aliphatic hydroxyl groups is 1. The number of hydrogen-bond acceptors (Lipinski definition) is 3. The molecule has 0 saturated heterocycles. The smallest absolute Gasteiger partial charge is 0.239 e. The molecule has 84 valence electrons. The van der Waals surface area contributed by atoms with Gasteiger partial charge in [0.05, 0.1) is 12.6 Å². The molecule has 0 aromatic carbocycles. The van der Waals surface area contributed by atoms with Gasteiger partial charge in [-0.1, -0.05) is 13.3 Å². The monoisotopic (exact) mass is 202 g/mol. The fraction of sp³-hybridized carbons (Fsp3) is 0.900. The number of carbonyl (C=O) groups excluding carboxylic acids is 1. The van der Waals surface area contributed by atoms with E-state index in [1.54, 1.807) is 11.9 Å². The summed E-state index contributed by atoms with van der Waals surface area (Å²) in [5.74, 6) is 0.0888. The molecule has 0 aliphatic carbocycles. The van der Waals surface area contributed by atoms with Gasteiger partial charge in [-0.15, -0.1) is 0 Å². The molecule has 0 rings (SSSR count). The molecule has 0 spiro atoms. The molecule has 1 amide bonds. The zero-order valence-corrected chi connectivity index (χ0v) is 9.66. The average Bonchev–Trinajstić information content (AvgIpc) is 2.13. The van der Waals surface area contributed by atoms with Crippen LogP contribution in [0.5, 0.6) is 0 Å². The third-order valence-electron chi connectivity index (χ3n) is 2.28. The molecule has 0 saturated carbocycles. The molecule has 1 unspecified atom stereocenters. The highest BCUT2D eigenvalue weighted by Gasteiger charge is 2.22. The van der Waals surface area contributed by atoms with Crippen LogP contribution in [0.25, 0.3) is 0 Å². The Bertz CT molecular complexity index is 172. The van der Waals surface area contributed by atoms with Gasteiger partial charge in [0, 0.05) is 13.6 Å². The molecule has 14 heavy (non-hydrogen) atoms. The molecule has 4 nitrogen and oxygen atoms in total. The molecule has 0 aromatic rings. The average molecular weight is 202 g/mol. The van der Waals surface area contributed by atoms with Gasteiger partial charge < -0.3 is 10.0 Å². The fourth-order valence-electron chi connectivity index (χ4n) is 1.39. The minimum atomic E-state index is -0.0588. The molecule has 0 aliphatic heterocycles. The van der Waals surface area contributed by atoms with Crippen molar-refractivity contribution in [3.05, 3.63) is 0 Å². The van der Waals surface area contributed by atoms with E-state index in [9.17, 15) is 4.79 Å². The maximum absolute atomic E-state index is 11.8. The molecule has 1 atom stereocenters. The van der Waals surface area contributed by atoms with E-state index < -0.39 is 0 Å². The quantitative estimate of drug-likeness (QED) is 0.667. The lowest BCUT2D eigenvalue weighted by molar-refractivity contribution is -0.135. The van der Waals surface area contributed by atoms with Crippen LogP contribution >= 0.6 is 0 Å². The summed E-state index contributed by atoms with van der Waals surface area (Å²) in [5.41, 5.74) is 0. The van der Waals surface area contributed by atoms with Crippen molar-refractivity contribution in [1.82, 2.24) is 9.80 Å². The van der Waals surface area contributed by atoms with Gasteiger partial charge in [0.15, 0.2) is 0 Å². The van der Waals surface area contributed by atoms with Crippen molar-refractivity contribution in [2.75, 3.05) is 34.3 Å². The fourth-order valence-corrected chi connectivity index (χ4v) is 1.39. The van der Waals surface area contributed by atoms with E-state index in [-0.39, 0.29) is 18.6 Å². The van der Waals surface area contributed by atoms with E-state index in [0.29, 0.717) is 6.54 Å². The third-order valence-corrected chi connectivity index (χ3v) is 2.28. The Morgan fingerprint density at radius 1 is 1.36 bits per heavy atom.